The molecule has 116 valence electrons. The quantitative estimate of drug-likeness (QED) is 0.701. The van der Waals surface area contributed by atoms with Crippen LogP contribution in [0, 0.1) is 0 Å². The number of aromatic amines is 1. The largest absolute Gasteiger partial charge is 0.382 e. The van der Waals surface area contributed by atoms with Gasteiger partial charge in [0.1, 0.15) is 15.4 Å². The first-order chi connectivity index (χ1) is 10.5. The highest BCUT2D eigenvalue weighted by Gasteiger charge is 2.13. The van der Waals surface area contributed by atoms with Gasteiger partial charge in [-0.05, 0) is 25.3 Å². The topological polar surface area (TPSA) is 102 Å². The molecule has 0 amide bonds. The third kappa shape index (κ3) is 2.89. The van der Waals surface area contributed by atoms with Gasteiger partial charge in [0, 0.05) is 28.5 Å². The Morgan fingerprint density at radius 2 is 2.00 bits per heavy atom. The number of rotatable bonds is 5. The number of nitrogens with zero attached hydrogens (tertiary/aromatic N) is 2. The number of nitrogens with one attached hydrogen (secondary N) is 1. The number of H-pyrrole nitrogens is 1. The van der Waals surface area contributed by atoms with Crippen LogP contribution in [0.25, 0.3) is 21.8 Å². The third-order valence-electron chi connectivity index (χ3n) is 3.69. The van der Waals surface area contributed by atoms with Gasteiger partial charge in [-0.15, -0.1) is 0 Å². The molecule has 7 heteroatoms. The zero-order valence-electron chi connectivity index (χ0n) is 12.3. The van der Waals surface area contributed by atoms with Crippen LogP contribution in [0.5, 0.6) is 0 Å². The molecule has 0 aliphatic rings. The fraction of sp³-hybridized carbons (Fsp3) is 0.333. The van der Waals surface area contributed by atoms with E-state index in [1.807, 2.05) is 24.3 Å². The fourth-order valence-corrected chi connectivity index (χ4v) is 3.39. The molecule has 6 nitrogen and oxygen atoms in total. The van der Waals surface area contributed by atoms with Crippen LogP contribution in [0.15, 0.2) is 24.3 Å². The molecule has 3 N–H and O–H groups in total. The minimum Gasteiger partial charge on any atom is -0.382 e. The predicted octanol–water partition coefficient (Wildman–Crippen LogP) is 2.06. The van der Waals surface area contributed by atoms with Gasteiger partial charge in [-0.1, -0.05) is 18.2 Å². The van der Waals surface area contributed by atoms with Gasteiger partial charge in [0.15, 0.2) is 5.82 Å². The summed E-state index contributed by atoms with van der Waals surface area (Å²) in [4.78, 5) is 4.36. The highest BCUT2D eigenvalue weighted by molar-refractivity contribution is 7.90. The first kappa shape index (κ1) is 14.8. The average molecular weight is 318 g/mol. The summed E-state index contributed by atoms with van der Waals surface area (Å²) < 4.78 is 22.4. The predicted molar refractivity (Wildman–Crippen MR) is 88.5 cm³/mol. The molecule has 22 heavy (non-hydrogen) atoms. The smallest absolute Gasteiger partial charge is 0.152 e. The number of aryl methyl sites for hydroxylation is 1. The SMILES string of the molecule is CS(=O)(=O)CCCCc1[nH]nc2c(N)nc3ccccc3c12. The van der Waals surface area contributed by atoms with Gasteiger partial charge in [-0.2, -0.15) is 5.10 Å². The Bertz CT molecular complexity index is 931. The van der Waals surface area contributed by atoms with Crippen molar-refractivity contribution < 1.29 is 8.42 Å². The molecular weight excluding hydrogens is 300 g/mol. The van der Waals surface area contributed by atoms with E-state index in [0.29, 0.717) is 17.8 Å². The van der Waals surface area contributed by atoms with Crippen LogP contribution in [0.4, 0.5) is 5.82 Å². The number of aromatic nitrogens is 3. The Labute approximate surface area is 128 Å². The maximum atomic E-state index is 11.2. The van der Waals surface area contributed by atoms with Crippen molar-refractivity contribution in [3.8, 4) is 0 Å². The number of sulfone groups is 1. The van der Waals surface area contributed by atoms with Crippen molar-refractivity contribution in [2.45, 2.75) is 19.3 Å². The molecule has 0 bridgehead atoms. The maximum Gasteiger partial charge on any atom is 0.152 e. The first-order valence-corrected chi connectivity index (χ1v) is 9.20. The van der Waals surface area contributed by atoms with E-state index in [0.717, 1.165) is 34.8 Å². The van der Waals surface area contributed by atoms with Gasteiger partial charge in [-0.3, -0.25) is 5.10 Å². The van der Waals surface area contributed by atoms with Crippen molar-refractivity contribution in [3.05, 3.63) is 30.0 Å². The number of nitrogens with two attached hydrogens (primary N) is 1. The summed E-state index contributed by atoms with van der Waals surface area (Å²) >= 11 is 0. The number of benzene rings is 1. The second-order valence-corrected chi connectivity index (χ2v) is 7.79. The van der Waals surface area contributed by atoms with Crippen molar-refractivity contribution in [1.82, 2.24) is 15.2 Å². The lowest BCUT2D eigenvalue weighted by atomic mass is 10.1. The second-order valence-electron chi connectivity index (χ2n) is 5.53. The van der Waals surface area contributed by atoms with Crippen molar-refractivity contribution in [2.24, 2.45) is 0 Å². The number of para-hydroxylation sites is 1. The lowest BCUT2D eigenvalue weighted by molar-refractivity contribution is 0.597. The van der Waals surface area contributed by atoms with Crippen molar-refractivity contribution >= 4 is 37.5 Å². The van der Waals surface area contributed by atoms with Crippen LogP contribution in [0.2, 0.25) is 0 Å². The zero-order chi connectivity index (χ0) is 15.7. The molecule has 1 aromatic carbocycles. The lowest BCUT2D eigenvalue weighted by Crippen LogP contribution is -2.03. The molecule has 2 heterocycles. The summed E-state index contributed by atoms with van der Waals surface area (Å²) in [6.45, 7) is 0. The van der Waals surface area contributed by atoms with Crippen molar-refractivity contribution in [3.63, 3.8) is 0 Å². The van der Waals surface area contributed by atoms with Crippen LogP contribution < -0.4 is 5.73 Å². The summed E-state index contributed by atoms with van der Waals surface area (Å²) in [5.41, 5.74) is 8.47. The molecule has 0 fully saturated rings. The number of anilines is 1. The normalized spacial score (nSPS) is 12.2. The van der Waals surface area contributed by atoms with E-state index in [1.165, 1.54) is 6.26 Å². The highest BCUT2D eigenvalue weighted by Crippen LogP contribution is 2.29. The number of pyridine rings is 1. The maximum absolute atomic E-state index is 11.2. The molecule has 0 aliphatic heterocycles. The van der Waals surface area contributed by atoms with Crippen LogP contribution >= 0.6 is 0 Å². The summed E-state index contributed by atoms with van der Waals surface area (Å²) in [6, 6.07) is 7.80. The third-order valence-corrected chi connectivity index (χ3v) is 4.72. The molecule has 3 aromatic rings. The van der Waals surface area contributed by atoms with E-state index in [1.54, 1.807) is 0 Å². The van der Waals surface area contributed by atoms with Gasteiger partial charge in [-0.25, -0.2) is 13.4 Å². The summed E-state index contributed by atoms with van der Waals surface area (Å²) in [5.74, 6) is 0.621. The lowest BCUT2D eigenvalue weighted by Gasteiger charge is -2.04. The van der Waals surface area contributed by atoms with Crippen LogP contribution in [-0.2, 0) is 16.3 Å². The van der Waals surface area contributed by atoms with Gasteiger partial charge in [0.2, 0.25) is 0 Å². The standard InChI is InChI=1S/C15H18N4O2S/c1-22(20,21)9-5-4-8-12-13-10-6-2-3-7-11(10)17-15(16)14(13)19-18-12/h2-3,6-7H,4-5,8-9H2,1H3,(H2,16,17)(H,18,19). The summed E-state index contributed by atoms with van der Waals surface area (Å²) in [6.07, 6.45) is 3.41. The number of hydrogen-bond acceptors (Lipinski definition) is 5. The molecule has 0 saturated carbocycles. The zero-order valence-corrected chi connectivity index (χ0v) is 13.2. The van der Waals surface area contributed by atoms with E-state index in [4.69, 9.17) is 5.73 Å². The Morgan fingerprint density at radius 1 is 1.23 bits per heavy atom. The molecule has 0 atom stereocenters. The average Bonchev–Trinajstić information content (AvgIpc) is 2.88. The van der Waals surface area contributed by atoms with Crippen LogP contribution in [0.3, 0.4) is 0 Å². The number of unbranched alkanes of at least 4 members (excludes halogenated alkanes) is 1. The Balaban J connectivity index is 1.94. The summed E-state index contributed by atoms with van der Waals surface area (Å²) in [7, 11) is -2.90. The number of nitrogen functional groups attached to an aromatic ring is 1. The molecule has 0 spiro atoms. The van der Waals surface area contributed by atoms with Crippen molar-refractivity contribution in [2.75, 3.05) is 17.7 Å². The minimum atomic E-state index is -2.90. The molecule has 0 saturated heterocycles. The van der Waals surface area contributed by atoms with Crippen LogP contribution in [0.1, 0.15) is 18.5 Å². The van der Waals surface area contributed by atoms with E-state index in [2.05, 4.69) is 15.2 Å². The van der Waals surface area contributed by atoms with Crippen molar-refractivity contribution in [1.29, 1.82) is 0 Å². The second kappa shape index (κ2) is 5.57. The van der Waals surface area contributed by atoms with Gasteiger partial charge in [0.25, 0.3) is 0 Å². The van der Waals surface area contributed by atoms with E-state index in [9.17, 15) is 8.42 Å². The molecular formula is C15H18N4O2S. The molecule has 0 unspecified atom stereocenters. The number of hydrogen-bond donors (Lipinski definition) is 2. The molecule has 2 aromatic heterocycles. The minimum absolute atomic E-state index is 0.212. The highest BCUT2D eigenvalue weighted by atomic mass is 32.2. The molecule has 3 rings (SSSR count). The van der Waals surface area contributed by atoms with E-state index < -0.39 is 9.84 Å². The first-order valence-electron chi connectivity index (χ1n) is 7.14. The fourth-order valence-electron chi connectivity index (χ4n) is 2.67. The Hall–Kier alpha value is -2.15. The summed E-state index contributed by atoms with van der Waals surface area (Å²) in [5, 5.41) is 9.29. The number of fused-ring (bicyclic) bond motifs is 3. The van der Waals surface area contributed by atoms with E-state index in [-0.39, 0.29) is 5.75 Å². The van der Waals surface area contributed by atoms with Crippen LogP contribution in [-0.4, -0.2) is 35.6 Å². The molecule has 0 radical (unpaired) electrons. The van der Waals surface area contributed by atoms with Gasteiger partial charge >= 0.3 is 0 Å². The van der Waals surface area contributed by atoms with E-state index >= 15 is 0 Å². The van der Waals surface area contributed by atoms with Gasteiger partial charge in [0.05, 0.1) is 5.52 Å². The molecule has 0 aliphatic carbocycles. The van der Waals surface area contributed by atoms with Gasteiger partial charge < -0.3 is 5.73 Å². The Kier molecular flexibility index (Phi) is 3.74. The Morgan fingerprint density at radius 3 is 2.77 bits per heavy atom. The monoisotopic (exact) mass is 318 g/mol.